The van der Waals surface area contributed by atoms with E-state index in [4.69, 9.17) is 0 Å². The van der Waals surface area contributed by atoms with Gasteiger partial charge in [0.25, 0.3) is 0 Å². The van der Waals surface area contributed by atoms with E-state index < -0.39 is 5.82 Å². The van der Waals surface area contributed by atoms with Crippen LogP contribution in [0.25, 0.3) is 22.3 Å². The summed E-state index contributed by atoms with van der Waals surface area (Å²) < 4.78 is 13.4. The lowest BCUT2D eigenvalue weighted by atomic mass is 10.1. The highest BCUT2D eigenvalue weighted by atomic mass is 19.1. The van der Waals surface area contributed by atoms with Gasteiger partial charge in [-0.1, -0.05) is 12.1 Å². The lowest BCUT2D eigenvalue weighted by molar-refractivity contribution is 0.475. The number of benzene rings is 2. The smallest absolute Gasteiger partial charge is 0.165 e. The number of anilines is 1. The van der Waals surface area contributed by atoms with Crippen molar-refractivity contribution in [1.29, 1.82) is 0 Å². The molecule has 3 rings (SSSR count). The molecule has 0 radical (unpaired) electrons. The van der Waals surface area contributed by atoms with Gasteiger partial charge in [0.05, 0.1) is 11.1 Å². The lowest BCUT2D eigenvalue weighted by Crippen LogP contribution is -2.12. The van der Waals surface area contributed by atoms with Crippen molar-refractivity contribution < 1.29 is 9.50 Å². The minimum atomic E-state index is -0.439. The van der Waals surface area contributed by atoms with Gasteiger partial charge in [-0.15, -0.1) is 0 Å². The molecule has 0 saturated carbocycles. The van der Waals surface area contributed by atoms with Crippen LogP contribution < -0.4 is 4.90 Å². The maximum Gasteiger partial charge on any atom is 0.165 e. The Bertz CT molecular complexity index is 818. The van der Waals surface area contributed by atoms with Gasteiger partial charge in [0, 0.05) is 19.5 Å². The van der Waals surface area contributed by atoms with Crippen LogP contribution in [0.4, 0.5) is 10.2 Å². The van der Waals surface area contributed by atoms with Crippen LogP contribution in [0.3, 0.4) is 0 Å². The molecule has 0 aliphatic carbocycles. The molecule has 2 aromatic carbocycles. The molecule has 0 unspecified atom stereocenters. The van der Waals surface area contributed by atoms with E-state index in [9.17, 15) is 9.50 Å². The second kappa shape index (κ2) is 5.01. The Labute approximate surface area is 121 Å². The van der Waals surface area contributed by atoms with Gasteiger partial charge in [-0.25, -0.2) is 14.4 Å². The van der Waals surface area contributed by atoms with E-state index in [0.29, 0.717) is 5.82 Å². The van der Waals surface area contributed by atoms with Crippen molar-refractivity contribution in [1.82, 2.24) is 9.97 Å². The molecular formula is C16H14FN3O. The second-order valence-electron chi connectivity index (χ2n) is 4.94. The summed E-state index contributed by atoms with van der Waals surface area (Å²) in [5, 5.41) is 10.8. The van der Waals surface area contributed by atoms with Crippen LogP contribution in [0.1, 0.15) is 0 Å². The number of aromatic nitrogens is 2. The molecule has 106 valence electrons. The third kappa shape index (κ3) is 2.38. The summed E-state index contributed by atoms with van der Waals surface area (Å²) in [6.45, 7) is 0. The quantitative estimate of drug-likeness (QED) is 0.784. The maximum absolute atomic E-state index is 13.4. The minimum Gasteiger partial charge on any atom is -0.507 e. The summed E-state index contributed by atoms with van der Waals surface area (Å²) in [7, 11) is 3.76. The highest BCUT2D eigenvalue weighted by Gasteiger charge is 2.14. The van der Waals surface area contributed by atoms with Crippen LogP contribution in [0.2, 0.25) is 0 Å². The van der Waals surface area contributed by atoms with E-state index in [2.05, 4.69) is 9.97 Å². The van der Waals surface area contributed by atoms with Crippen LogP contribution in [0, 0.1) is 5.82 Å². The molecule has 0 spiro atoms. The third-order valence-electron chi connectivity index (χ3n) is 3.21. The van der Waals surface area contributed by atoms with Crippen molar-refractivity contribution in [3.8, 4) is 17.1 Å². The van der Waals surface area contributed by atoms with E-state index in [1.54, 1.807) is 0 Å². The molecule has 21 heavy (non-hydrogen) atoms. The number of halogens is 1. The largest absolute Gasteiger partial charge is 0.507 e. The fourth-order valence-corrected chi connectivity index (χ4v) is 2.21. The molecule has 1 heterocycles. The summed E-state index contributed by atoms with van der Waals surface area (Å²) in [6.07, 6.45) is 0. The topological polar surface area (TPSA) is 49.2 Å². The monoisotopic (exact) mass is 283 g/mol. The first-order valence-electron chi connectivity index (χ1n) is 6.49. The normalized spacial score (nSPS) is 10.8. The van der Waals surface area contributed by atoms with Crippen molar-refractivity contribution in [2.75, 3.05) is 19.0 Å². The first-order chi connectivity index (χ1) is 10.1. The molecule has 0 aliphatic heterocycles. The summed E-state index contributed by atoms with van der Waals surface area (Å²) in [6, 6.07) is 11.3. The van der Waals surface area contributed by atoms with Crippen LogP contribution >= 0.6 is 0 Å². The molecule has 0 bridgehead atoms. The SMILES string of the molecule is CN(C)c1nc(-c2cc(F)ccc2O)nc2ccccc12. The first kappa shape index (κ1) is 13.3. The van der Waals surface area contributed by atoms with E-state index in [-0.39, 0.29) is 11.3 Å². The second-order valence-corrected chi connectivity index (χ2v) is 4.94. The zero-order chi connectivity index (χ0) is 15.0. The van der Waals surface area contributed by atoms with Crippen molar-refractivity contribution in [3.63, 3.8) is 0 Å². The number of phenolic OH excluding ortho intramolecular Hbond substituents is 1. The predicted molar refractivity (Wildman–Crippen MR) is 80.9 cm³/mol. The van der Waals surface area contributed by atoms with E-state index in [0.717, 1.165) is 16.7 Å². The Morgan fingerprint density at radius 3 is 2.57 bits per heavy atom. The van der Waals surface area contributed by atoms with Crippen LogP contribution in [-0.4, -0.2) is 29.2 Å². The van der Waals surface area contributed by atoms with Crippen LogP contribution in [0.5, 0.6) is 5.75 Å². The Hall–Kier alpha value is -2.69. The summed E-state index contributed by atoms with van der Waals surface area (Å²) in [4.78, 5) is 10.8. The van der Waals surface area contributed by atoms with E-state index >= 15 is 0 Å². The molecule has 1 N–H and O–H groups in total. The van der Waals surface area contributed by atoms with E-state index in [1.807, 2.05) is 43.3 Å². The number of para-hydroxylation sites is 1. The Balaban J connectivity index is 2.31. The summed E-state index contributed by atoms with van der Waals surface area (Å²) >= 11 is 0. The number of aromatic hydroxyl groups is 1. The standard InChI is InChI=1S/C16H14FN3O/c1-20(2)16-11-5-3-4-6-13(11)18-15(19-16)12-9-10(17)7-8-14(12)21/h3-9,21H,1-2H3. The Morgan fingerprint density at radius 1 is 1.05 bits per heavy atom. The molecule has 0 saturated heterocycles. The number of rotatable bonds is 2. The van der Waals surface area contributed by atoms with E-state index in [1.165, 1.54) is 18.2 Å². The molecule has 3 aromatic rings. The summed E-state index contributed by atoms with van der Waals surface area (Å²) in [5.74, 6) is 0.538. The molecule has 5 heteroatoms. The lowest BCUT2D eigenvalue weighted by Gasteiger charge is -2.15. The van der Waals surface area contributed by atoms with Crippen molar-refractivity contribution >= 4 is 16.7 Å². The average Bonchev–Trinajstić information content (AvgIpc) is 2.48. The van der Waals surface area contributed by atoms with Crippen LogP contribution in [-0.2, 0) is 0 Å². The van der Waals surface area contributed by atoms with Gasteiger partial charge in [-0.2, -0.15) is 0 Å². The van der Waals surface area contributed by atoms with Gasteiger partial charge in [-0.3, -0.25) is 0 Å². The molecule has 0 fully saturated rings. The number of nitrogens with zero attached hydrogens (tertiary/aromatic N) is 3. The Kier molecular flexibility index (Phi) is 3.17. The molecule has 4 nitrogen and oxygen atoms in total. The molecule has 0 amide bonds. The number of fused-ring (bicyclic) bond motifs is 1. The fourth-order valence-electron chi connectivity index (χ4n) is 2.21. The molecular weight excluding hydrogens is 269 g/mol. The van der Waals surface area contributed by atoms with Gasteiger partial charge < -0.3 is 10.0 Å². The zero-order valence-electron chi connectivity index (χ0n) is 11.7. The third-order valence-corrected chi connectivity index (χ3v) is 3.21. The van der Waals surface area contributed by atoms with Crippen LogP contribution in [0.15, 0.2) is 42.5 Å². The Morgan fingerprint density at radius 2 is 1.81 bits per heavy atom. The first-order valence-corrected chi connectivity index (χ1v) is 6.49. The van der Waals surface area contributed by atoms with Crippen molar-refractivity contribution in [2.45, 2.75) is 0 Å². The van der Waals surface area contributed by atoms with Crippen molar-refractivity contribution in [2.24, 2.45) is 0 Å². The minimum absolute atomic E-state index is 0.0450. The number of hydrogen-bond donors (Lipinski definition) is 1. The van der Waals surface area contributed by atoms with Gasteiger partial charge in [0.15, 0.2) is 5.82 Å². The van der Waals surface area contributed by atoms with Gasteiger partial charge in [-0.05, 0) is 30.3 Å². The molecule has 0 atom stereocenters. The number of hydrogen-bond acceptors (Lipinski definition) is 4. The highest BCUT2D eigenvalue weighted by Crippen LogP contribution is 2.31. The molecule has 0 aliphatic rings. The predicted octanol–water partition coefficient (Wildman–Crippen LogP) is 3.21. The summed E-state index contributed by atoms with van der Waals surface area (Å²) in [5.41, 5.74) is 1.03. The van der Waals surface area contributed by atoms with Gasteiger partial charge >= 0.3 is 0 Å². The fraction of sp³-hybridized carbons (Fsp3) is 0.125. The highest BCUT2D eigenvalue weighted by molar-refractivity contribution is 5.91. The average molecular weight is 283 g/mol. The number of phenols is 1. The van der Waals surface area contributed by atoms with Gasteiger partial charge in [0.2, 0.25) is 0 Å². The maximum atomic E-state index is 13.4. The van der Waals surface area contributed by atoms with Crippen molar-refractivity contribution in [3.05, 3.63) is 48.3 Å². The van der Waals surface area contributed by atoms with Gasteiger partial charge in [0.1, 0.15) is 17.4 Å². The zero-order valence-corrected chi connectivity index (χ0v) is 11.7. The molecule has 1 aromatic heterocycles.